The molecule has 4 rings (SSSR count). The number of amides is 1. The first-order chi connectivity index (χ1) is 16.4. The zero-order valence-electron chi connectivity index (χ0n) is 18.1. The van der Waals surface area contributed by atoms with Crippen LogP contribution in [0.3, 0.4) is 0 Å². The Balaban J connectivity index is 1.59. The van der Waals surface area contributed by atoms with Gasteiger partial charge in [0.2, 0.25) is 5.91 Å². The Morgan fingerprint density at radius 2 is 1.82 bits per heavy atom. The number of nitrogens with zero attached hydrogens (tertiary/aromatic N) is 4. The SMILES string of the molecule is CC(Sc1nnc(-c2ccccc2F)n1Cc1ccccc1)C(=O)Nc1cccc([N+](=O)[O-])c1. The van der Waals surface area contributed by atoms with Gasteiger partial charge in [0.05, 0.1) is 22.3 Å². The van der Waals surface area contributed by atoms with Gasteiger partial charge in [-0.25, -0.2) is 4.39 Å². The van der Waals surface area contributed by atoms with E-state index in [9.17, 15) is 19.3 Å². The number of aromatic nitrogens is 3. The van der Waals surface area contributed by atoms with Crippen molar-refractivity contribution >= 4 is 29.0 Å². The molecule has 0 saturated carbocycles. The molecule has 0 aliphatic carbocycles. The number of carbonyl (C=O) groups is 1. The number of rotatable bonds is 8. The molecule has 1 N–H and O–H groups in total. The van der Waals surface area contributed by atoms with Crippen molar-refractivity contribution < 1.29 is 14.1 Å². The number of hydrogen-bond donors (Lipinski definition) is 1. The van der Waals surface area contributed by atoms with Crippen LogP contribution in [0.4, 0.5) is 15.8 Å². The average Bonchev–Trinajstić information content (AvgIpc) is 3.21. The highest BCUT2D eigenvalue weighted by Gasteiger charge is 2.22. The van der Waals surface area contributed by atoms with Crippen LogP contribution in [-0.2, 0) is 11.3 Å². The summed E-state index contributed by atoms with van der Waals surface area (Å²) < 4.78 is 16.3. The van der Waals surface area contributed by atoms with Gasteiger partial charge in [-0.1, -0.05) is 60.3 Å². The van der Waals surface area contributed by atoms with Crippen LogP contribution in [-0.4, -0.2) is 30.8 Å². The summed E-state index contributed by atoms with van der Waals surface area (Å²) >= 11 is 1.17. The third kappa shape index (κ3) is 5.29. The molecule has 4 aromatic rings. The zero-order chi connectivity index (χ0) is 24.1. The predicted molar refractivity (Wildman–Crippen MR) is 128 cm³/mol. The number of nitro groups is 1. The molecule has 0 spiro atoms. The van der Waals surface area contributed by atoms with Gasteiger partial charge in [0.1, 0.15) is 5.82 Å². The van der Waals surface area contributed by atoms with Gasteiger partial charge in [0, 0.05) is 17.8 Å². The second-order valence-electron chi connectivity index (χ2n) is 7.41. The van der Waals surface area contributed by atoms with Crippen LogP contribution in [0.25, 0.3) is 11.4 Å². The second kappa shape index (κ2) is 10.3. The van der Waals surface area contributed by atoms with Gasteiger partial charge in [-0.2, -0.15) is 0 Å². The minimum absolute atomic E-state index is 0.116. The molecule has 0 bridgehead atoms. The summed E-state index contributed by atoms with van der Waals surface area (Å²) in [6.07, 6.45) is 0. The molecule has 0 aliphatic rings. The van der Waals surface area contributed by atoms with E-state index in [-0.39, 0.29) is 11.6 Å². The highest BCUT2D eigenvalue weighted by molar-refractivity contribution is 8.00. The lowest BCUT2D eigenvalue weighted by molar-refractivity contribution is -0.384. The molecule has 0 radical (unpaired) electrons. The molecule has 1 amide bonds. The molecule has 172 valence electrons. The molecule has 1 atom stereocenters. The summed E-state index contributed by atoms with van der Waals surface area (Å²) in [7, 11) is 0. The first-order valence-electron chi connectivity index (χ1n) is 10.4. The molecular weight excluding hydrogens is 457 g/mol. The lowest BCUT2D eigenvalue weighted by Crippen LogP contribution is -2.23. The van der Waals surface area contributed by atoms with Crippen molar-refractivity contribution in [2.75, 3.05) is 5.32 Å². The molecule has 1 aromatic heterocycles. The van der Waals surface area contributed by atoms with Gasteiger partial charge in [0.25, 0.3) is 5.69 Å². The highest BCUT2D eigenvalue weighted by atomic mass is 32.2. The number of benzene rings is 3. The molecule has 3 aromatic carbocycles. The van der Waals surface area contributed by atoms with Gasteiger partial charge in [-0.15, -0.1) is 10.2 Å². The fourth-order valence-corrected chi connectivity index (χ4v) is 4.13. The number of halogens is 1. The maximum Gasteiger partial charge on any atom is 0.271 e. The summed E-state index contributed by atoms with van der Waals surface area (Å²) in [6.45, 7) is 2.08. The Kier molecular flexibility index (Phi) is 6.98. The molecule has 0 aliphatic heterocycles. The maximum atomic E-state index is 14.5. The van der Waals surface area contributed by atoms with Crippen molar-refractivity contribution in [3.8, 4) is 11.4 Å². The summed E-state index contributed by atoms with van der Waals surface area (Å²) in [6, 6.07) is 21.7. The minimum atomic E-state index is -0.605. The van der Waals surface area contributed by atoms with Crippen molar-refractivity contribution in [3.63, 3.8) is 0 Å². The number of nitro benzene ring substituents is 1. The number of carbonyl (C=O) groups excluding carboxylic acids is 1. The first kappa shape index (κ1) is 23.1. The predicted octanol–water partition coefficient (Wildman–Crippen LogP) is 5.16. The fraction of sp³-hybridized carbons (Fsp3) is 0.125. The monoisotopic (exact) mass is 477 g/mol. The fourth-order valence-electron chi connectivity index (χ4n) is 3.28. The van der Waals surface area contributed by atoms with E-state index in [0.717, 1.165) is 5.56 Å². The van der Waals surface area contributed by atoms with Gasteiger partial charge in [-0.05, 0) is 30.7 Å². The average molecular weight is 478 g/mol. The van der Waals surface area contributed by atoms with Gasteiger partial charge in [0.15, 0.2) is 11.0 Å². The summed E-state index contributed by atoms with van der Waals surface area (Å²) in [5, 5.41) is 22.0. The first-order valence-corrected chi connectivity index (χ1v) is 11.2. The van der Waals surface area contributed by atoms with Crippen LogP contribution in [0.1, 0.15) is 12.5 Å². The summed E-state index contributed by atoms with van der Waals surface area (Å²) in [5.74, 6) is -0.417. The molecular formula is C24H20FN5O3S. The topological polar surface area (TPSA) is 103 Å². The lowest BCUT2D eigenvalue weighted by Gasteiger charge is -2.14. The van der Waals surface area contributed by atoms with E-state index in [1.54, 1.807) is 35.8 Å². The van der Waals surface area contributed by atoms with Gasteiger partial charge in [-0.3, -0.25) is 19.5 Å². The Labute approximate surface area is 199 Å². The maximum absolute atomic E-state index is 14.5. The molecule has 34 heavy (non-hydrogen) atoms. The standard InChI is InChI=1S/C24H20FN5O3S/c1-16(23(31)26-18-10-7-11-19(14-18)30(32)33)34-24-28-27-22(20-12-5-6-13-21(20)25)29(24)15-17-8-3-2-4-9-17/h2-14,16H,15H2,1H3,(H,26,31). The third-order valence-corrected chi connectivity index (χ3v) is 6.07. The van der Waals surface area contributed by atoms with Crippen LogP contribution >= 0.6 is 11.8 Å². The van der Waals surface area contributed by atoms with Crippen molar-refractivity contribution in [3.05, 3.63) is 100 Å². The minimum Gasteiger partial charge on any atom is -0.325 e. The molecule has 8 nitrogen and oxygen atoms in total. The van der Waals surface area contributed by atoms with Crippen molar-refractivity contribution in [1.29, 1.82) is 0 Å². The molecule has 0 fully saturated rings. The van der Waals surface area contributed by atoms with Crippen LogP contribution < -0.4 is 5.32 Å². The highest BCUT2D eigenvalue weighted by Crippen LogP contribution is 2.29. The van der Waals surface area contributed by atoms with E-state index in [2.05, 4.69) is 15.5 Å². The van der Waals surface area contributed by atoms with E-state index >= 15 is 0 Å². The summed E-state index contributed by atoms with van der Waals surface area (Å²) in [5.41, 5.74) is 1.49. The van der Waals surface area contributed by atoms with Gasteiger partial charge >= 0.3 is 0 Å². The van der Waals surface area contributed by atoms with E-state index in [1.165, 1.54) is 36.0 Å². The van der Waals surface area contributed by atoms with Crippen LogP contribution in [0.15, 0.2) is 84.0 Å². The second-order valence-corrected chi connectivity index (χ2v) is 8.72. The molecule has 1 unspecified atom stereocenters. The van der Waals surface area contributed by atoms with Crippen molar-refractivity contribution in [2.45, 2.75) is 23.9 Å². The number of hydrogen-bond acceptors (Lipinski definition) is 6. The summed E-state index contributed by atoms with van der Waals surface area (Å²) in [4.78, 5) is 23.2. The van der Waals surface area contributed by atoms with Crippen LogP contribution in [0.2, 0.25) is 0 Å². The Morgan fingerprint density at radius 1 is 1.09 bits per heavy atom. The normalized spacial score (nSPS) is 11.7. The quantitative estimate of drug-likeness (QED) is 0.214. The van der Waals surface area contributed by atoms with Crippen molar-refractivity contribution in [2.24, 2.45) is 0 Å². The van der Waals surface area contributed by atoms with E-state index in [0.29, 0.717) is 28.8 Å². The Hall–Kier alpha value is -4.05. The van der Waals surface area contributed by atoms with Gasteiger partial charge < -0.3 is 5.32 Å². The third-order valence-electron chi connectivity index (χ3n) is 4.99. The molecule has 0 saturated heterocycles. The smallest absolute Gasteiger partial charge is 0.271 e. The van der Waals surface area contributed by atoms with Crippen LogP contribution in [0.5, 0.6) is 0 Å². The molecule has 1 heterocycles. The van der Waals surface area contributed by atoms with E-state index < -0.39 is 16.0 Å². The number of nitrogens with one attached hydrogen (secondary N) is 1. The molecule has 10 heteroatoms. The van der Waals surface area contributed by atoms with E-state index in [1.807, 2.05) is 30.3 Å². The van der Waals surface area contributed by atoms with Crippen LogP contribution in [0, 0.1) is 15.9 Å². The van der Waals surface area contributed by atoms with Crippen molar-refractivity contribution in [1.82, 2.24) is 14.8 Å². The Morgan fingerprint density at radius 3 is 2.56 bits per heavy atom. The van der Waals surface area contributed by atoms with E-state index in [4.69, 9.17) is 0 Å². The number of thioether (sulfide) groups is 1. The Bertz CT molecular complexity index is 1330. The number of anilines is 1. The lowest BCUT2D eigenvalue weighted by atomic mass is 10.2. The zero-order valence-corrected chi connectivity index (χ0v) is 18.9. The largest absolute Gasteiger partial charge is 0.325 e. The number of non-ortho nitro benzene ring substituents is 1.